The molecule has 3 atom stereocenters. The summed E-state index contributed by atoms with van der Waals surface area (Å²) < 4.78 is 6.07. The molecule has 1 amide bonds. The van der Waals surface area contributed by atoms with Crippen molar-refractivity contribution in [3.63, 3.8) is 0 Å². The van der Waals surface area contributed by atoms with Gasteiger partial charge < -0.3 is 15.0 Å². The molecule has 3 aliphatic rings. The number of carbonyl (C=O) groups is 1. The maximum absolute atomic E-state index is 13.2. The number of nitrogens with one attached hydrogen (secondary N) is 1. The van der Waals surface area contributed by atoms with E-state index in [4.69, 9.17) is 4.74 Å². The molecule has 2 heterocycles. The second-order valence-corrected chi connectivity index (χ2v) is 7.89. The van der Waals surface area contributed by atoms with Crippen LogP contribution in [0.15, 0.2) is 24.3 Å². The summed E-state index contributed by atoms with van der Waals surface area (Å²) >= 11 is 0. The summed E-state index contributed by atoms with van der Waals surface area (Å²) in [7, 11) is 0. The summed E-state index contributed by atoms with van der Waals surface area (Å²) in [6.07, 6.45) is 3.41. The van der Waals surface area contributed by atoms with E-state index in [1.54, 1.807) is 0 Å². The third-order valence-corrected chi connectivity index (χ3v) is 6.34. The van der Waals surface area contributed by atoms with E-state index in [9.17, 15) is 4.79 Å². The third-order valence-electron chi connectivity index (χ3n) is 6.34. The van der Waals surface area contributed by atoms with Crippen LogP contribution in [0.3, 0.4) is 0 Å². The highest BCUT2D eigenvalue weighted by Gasteiger charge is 2.59. The van der Waals surface area contributed by atoms with Gasteiger partial charge in [0, 0.05) is 5.92 Å². The number of rotatable bonds is 2. The molecular weight excluding hydrogens is 336 g/mol. The number of hydrogen-bond donors (Lipinski definition) is 1. The summed E-state index contributed by atoms with van der Waals surface area (Å²) in [6, 6.07) is 8.54. The molecule has 1 N–H and O–H groups in total. The molecule has 5 heteroatoms. The lowest BCUT2D eigenvalue weighted by atomic mass is 9.91. The molecule has 3 fully saturated rings. The van der Waals surface area contributed by atoms with E-state index in [1.165, 1.54) is 11.1 Å². The molecule has 0 aromatic heterocycles. The van der Waals surface area contributed by atoms with Crippen LogP contribution < -0.4 is 5.32 Å². The molecule has 2 saturated heterocycles. The number of amides is 1. The average Bonchev–Trinajstić information content (AvgIpc) is 3.29. The van der Waals surface area contributed by atoms with E-state index in [0.717, 1.165) is 32.4 Å². The fourth-order valence-corrected chi connectivity index (χ4v) is 4.57. The molecule has 4 rings (SSSR count). The number of aryl methyl sites for hydroxylation is 1. The minimum absolute atomic E-state index is 0. The normalized spacial score (nSPS) is 30.6. The number of morpholine rings is 1. The fraction of sp³-hybridized carbons (Fsp3) is 0.650. The first-order valence-electron chi connectivity index (χ1n) is 9.29. The van der Waals surface area contributed by atoms with E-state index in [1.807, 2.05) is 0 Å². The standard InChI is InChI=1S/C20H28N2O2.ClH/c1-14-5-3-4-6-16(14)18-12-22(15(2)13-24-18)19(23)17-11-20(17)7-9-21-10-8-20;/h3-6,15,17-18,21H,7-13H2,1-2H3;1H. The minimum atomic E-state index is 0. The van der Waals surface area contributed by atoms with Crippen LogP contribution in [0.2, 0.25) is 0 Å². The van der Waals surface area contributed by atoms with Crippen LogP contribution in [0.1, 0.15) is 43.4 Å². The van der Waals surface area contributed by atoms with Crippen LogP contribution in [-0.2, 0) is 9.53 Å². The Morgan fingerprint density at radius 2 is 2.00 bits per heavy atom. The first-order valence-corrected chi connectivity index (χ1v) is 9.29. The van der Waals surface area contributed by atoms with E-state index >= 15 is 0 Å². The average molecular weight is 365 g/mol. The van der Waals surface area contributed by atoms with Crippen molar-refractivity contribution in [2.24, 2.45) is 11.3 Å². The number of carbonyl (C=O) groups excluding carboxylic acids is 1. The van der Waals surface area contributed by atoms with Gasteiger partial charge in [0.25, 0.3) is 0 Å². The van der Waals surface area contributed by atoms with Gasteiger partial charge in [-0.2, -0.15) is 0 Å². The zero-order valence-corrected chi connectivity index (χ0v) is 16.0. The van der Waals surface area contributed by atoms with Gasteiger partial charge in [0.1, 0.15) is 6.10 Å². The molecule has 0 radical (unpaired) electrons. The largest absolute Gasteiger partial charge is 0.370 e. The zero-order valence-electron chi connectivity index (χ0n) is 15.2. The Bertz CT molecular complexity index is 630. The number of halogens is 1. The van der Waals surface area contributed by atoms with E-state index in [0.29, 0.717) is 24.5 Å². The second-order valence-electron chi connectivity index (χ2n) is 7.89. The molecule has 0 bridgehead atoms. The molecule has 1 spiro atoms. The fourth-order valence-electron chi connectivity index (χ4n) is 4.57. The van der Waals surface area contributed by atoms with Crippen molar-refractivity contribution in [2.45, 2.75) is 45.3 Å². The monoisotopic (exact) mass is 364 g/mol. The summed E-state index contributed by atoms with van der Waals surface area (Å²) in [5.74, 6) is 0.615. The minimum Gasteiger partial charge on any atom is -0.370 e. The Morgan fingerprint density at radius 3 is 2.72 bits per heavy atom. The Morgan fingerprint density at radius 1 is 1.28 bits per heavy atom. The molecule has 1 aromatic rings. The van der Waals surface area contributed by atoms with E-state index in [2.05, 4.69) is 48.3 Å². The number of benzene rings is 1. The van der Waals surface area contributed by atoms with Crippen molar-refractivity contribution >= 4 is 18.3 Å². The van der Waals surface area contributed by atoms with Crippen molar-refractivity contribution in [3.05, 3.63) is 35.4 Å². The first-order chi connectivity index (χ1) is 11.6. The topological polar surface area (TPSA) is 41.6 Å². The lowest BCUT2D eigenvalue weighted by Crippen LogP contribution is -2.49. The van der Waals surface area contributed by atoms with Crippen LogP contribution in [-0.4, -0.2) is 43.1 Å². The Balaban J connectivity index is 0.00000182. The Hall–Kier alpha value is -1.10. The Kier molecular flexibility index (Phi) is 5.42. The lowest BCUT2D eigenvalue weighted by molar-refractivity contribution is -0.147. The van der Waals surface area contributed by atoms with Crippen LogP contribution in [0.25, 0.3) is 0 Å². The van der Waals surface area contributed by atoms with Gasteiger partial charge in [0.05, 0.1) is 19.2 Å². The van der Waals surface area contributed by atoms with Gasteiger partial charge in [-0.25, -0.2) is 0 Å². The molecule has 4 nitrogen and oxygen atoms in total. The van der Waals surface area contributed by atoms with Gasteiger partial charge >= 0.3 is 0 Å². The third kappa shape index (κ3) is 3.44. The highest BCUT2D eigenvalue weighted by molar-refractivity contribution is 5.85. The maximum Gasteiger partial charge on any atom is 0.226 e. The van der Waals surface area contributed by atoms with Gasteiger partial charge in [-0.15, -0.1) is 12.4 Å². The smallest absolute Gasteiger partial charge is 0.226 e. The van der Waals surface area contributed by atoms with Crippen LogP contribution in [0, 0.1) is 18.3 Å². The predicted molar refractivity (Wildman–Crippen MR) is 101 cm³/mol. The van der Waals surface area contributed by atoms with Crippen LogP contribution in [0.4, 0.5) is 0 Å². The molecule has 25 heavy (non-hydrogen) atoms. The van der Waals surface area contributed by atoms with Crippen molar-refractivity contribution in [2.75, 3.05) is 26.2 Å². The van der Waals surface area contributed by atoms with Gasteiger partial charge in [-0.1, -0.05) is 24.3 Å². The SMILES string of the molecule is Cc1ccccc1C1CN(C(=O)C2CC23CCNCC3)C(C)CO1.Cl. The number of ether oxygens (including phenoxy) is 1. The molecular formula is C20H29ClN2O2. The van der Waals surface area contributed by atoms with E-state index < -0.39 is 0 Å². The highest BCUT2D eigenvalue weighted by atomic mass is 35.5. The number of hydrogen-bond acceptors (Lipinski definition) is 3. The second kappa shape index (κ2) is 7.26. The van der Waals surface area contributed by atoms with Crippen LogP contribution >= 0.6 is 12.4 Å². The quantitative estimate of drug-likeness (QED) is 0.876. The predicted octanol–water partition coefficient (Wildman–Crippen LogP) is 3.09. The summed E-state index contributed by atoms with van der Waals surface area (Å²) in [6.45, 7) is 7.68. The van der Waals surface area contributed by atoms with Crippen molar-refractivity contribution in [3.8, 4) is 0 Å². The number of piperidine rings is 1. The first kappa shape index (κ1) is 18.7. The van der Waals surface area contributed by atoms with Crippen molar-refractivity contribution in [1.82, 2.24) is 10.2 Å². The molecule has 1 aliphatic carbocycles. The molecule has 2 aliphatic heterocycles. The molecule has 1 aromatic carbocycles. The molecule has 1 saturated carbocycles. The molecule has 3 unspecified atom stereocenters. The number of nitrogens with zero attached hydrogens (tertiary/aromatic N) is 1. The van der Waals surface area contributed by atoms with Crippen molar-refractivity contribution < 1.29 is 9.53 Å². The summed E-state index contributed by atoms with van der Waals surface area (Å²) in [4.78, 5) is 15.3. The molecule has 138 valence electrons. The zero-order chi connectivity index (χ0) is 16.7. The van der Waals surface area contributed by atoms with Gasteiger partial charge in [-0.05, 0) is 62.7 Å². The highest BCUT2D eigenvalue weighted by Crippen LogP contribution is 2.59. The summed E-state index contributed by atoms with van der Waals surface area (Å²) in [5, 5.41) is 3.42. The van der Waals surface area contributed by atoms with Gasteiger partial charge in [-0.3, -0.25) is 4.79 Å². The van der Waals surface area contributed by atoms with Crippen molar-refractivity contribution in [1.29, 1.82) is 0 Å². The Labute approximate surface area is 156 Å². The van der Waals surface area contributed by atoms with Crippen LogP contribution in [0.5, 0.6) is 0 Å². The lowest BCUT2D eigenvalue weighted by Gasteiger charge is -2.39. The van der Waals surface area contributed by atoms with Gasteiger partial charge in [0.2, 0.25) is 5.91 Å². The maximum atomic E-state index is 13.2. The summed E-state index contributed by atoms with van der Waals surface area (Å²) in [5.41, 5.74) is 2.76. The van der Waals surface area contributed by atoms with Gasteiger partial charge in [0.15, 0.2) is 0 Å². The van der Waals surface area contributed by atoms with E-state index in [-0.39, 0.29) is 30.5 Å².